The summed E-state index contributed by atoms with van der Waals surface area (Å²) in [6, 6.07) is 10.7. The molecule has 2 heteroatoms. The van der Waals surface area contributed by atoms with Gasteiger partial charge in [0.1, 0.15) is 0 Å². The first-order valence-electron chi connectivity index (χ1n) is 8.95. The van der Waals surface area contributed by atoms with E-state index in [1.807, 2.05) is 13.8 Å². The summed E-state index contributed by atoms with van der Waals surface area (Å²) in [6.07, 6.45) is 11.3. The van der Waals surface area contributed by atoms with Gasteiger partial charge in [-0.3, -0.25) is 4.79 Å². The van der Waals surface area contributed by atoms with Crippen LogP contribution in [0.2, 0.25) is 0 Å². The van der Waals surface area contributed by atoms with Crippen LogP contribution in [0.1, 0.15) is 77.2 Å². The van der Waals surface area contributed by atoms with E-state index >= 15 is 0 Å². The van der Waals surface area contributed by atoms with Crippen LogP contribution in [0.25, 0.3) is 0 Å². The van der Waals surface area contributed by atoms with Crippen LogP contribution in [0.5, 0.6) is 0 Å². The maximum absolute atomic E-state index is 11.4. The van der Waals surface area contributed by atoms with E-state index in [1.165, 1.54) is 50.5 Å². The molecular weight excluding hydrogens is 272 g/mol. The van der Waals surface area contributed by atoms with Gasteiger partial charge in [-0.15, -0.1) is 0 Å². The topological polar surface area (TPSA) is 26.3 Å². The monoisotopic (exact) mass is 304 g/mol. The van der Waals surface area contributed by atoms with Gasteiger partial charge >= 0.3 is 5.97 Å². The van der Waals surface area contributed by atoms with Crippen molar-refractivity contribution in [1.82, 2.24) is 0 Å². The minimum atomic E-state index is -0.0455. The second-order valence-corrected chi connectivity index (χ2v) is 6.20. The molecule has 0 amide bonds. The first-order valence-corrected chi connectivity index (χ1v) is 8.95. The third-order valence-electron chi connectivity index (χ3n) is 3.96. The van der Waals surface area contributed by atoms with E-state index in [-0.39, 0.29) is 12.1 Å². The number of hydrogen-bond acceptors (Lipinski definition) is 2. The van der Waals surface area contributed by atoms with Crippen molar-refractivity contribution < 1.29 is 9.53 Å². The molecule has 0 spiro atoms. The number of unbranched alkanes of at least 4 members (excludes halogenated alkanes) is 5. The minimum Gasteiger partial charge on any atom is -0.463 e. The maximum Gasteiger partial charge on any atom is 0.306 e. The molecule has 0 saturated heterocycles. The van der Waals surface area contributed by atoms with Crippen molar-refractivity contribution in [1.29, 1.82) is 0 Å². The van der Waals surface area contributed by atoms with Crippen molar-refractivity contribution in [3.05, 3.63) is 35.9 Å². The van der Waals surface area contributed by atoms with E-state index in [9.17, 15) is 4.79 Å². The zero-order valence-electron chi connectivity index (χ0n) is 14.4. The maximum atomic E-state index is 11.4. The molecule has 0 aliphatic heterocycles. The highest BCUT2D eigenvalue weighted by atomic mass is 16.5. The third-order valence-corrected chi connectivity index (χ3v) is 3.96. The fraction of sp³-hybridized carbons (Fsp3) is 0.650. The largest absolute Gasteiger partial charge is 0.463 e. The number of carbonyl (C=O) groups excluding carboxylic acids is 1. The standard InChI is InChI=1S/C20H32O2/c1-3-13-20(21)22-18(2)14-9-6-4-5-7-10-15-19-16-11-8-12-17-19/h8,11-12,16-18H,3-7,9-10,13-15H2,1-2H3. The first-order chi connectivity index (χ1) is 10.7. The molecule has 0 radical (unpaired) electrons. The zero-order chi connectivity index (χ0) is 16.0. The lowest BCUT2D eigenvalue weighted by atomic mass is 10.0. The third kappa shape index (κ3) is 9.59. The Morgan fingerprint density at radius 3 is 2.32 bits per heavy atom. The van der Waals surface area contributed by atoms with Crippen LogP contribution < -0.4 is 0 Å². The van der Waals surface area contributed by atoms with Crippen molar-refractivity contribution in [3.8, 4) is 0 Å². The Labute approximate surface area is 136 Å². The molecule has 1 atom stereocenters. The van der Waals surface area contributed by atoms with Crippen molar-refractivity contribution in [3.63, 3.8) is 0 Å². The highest BCUT2D eigenvalue weighted by Crippen LogP contribution is 2.12. The second kappa shape index (κ2) is 12.3. The van der Waals surface area contributed by atoms with Crippen LogP contribution in [0.15, 0.2) is 30.3 Å². The highest BCUT2D eigenvalue weighted by Gasteiger charge is 2.07. The molecule has 22 heavy (non-hydrogen) atoms. The Morgan fingerprint density at radius 1 is 1.00 bits per heavy atom. The van der Waals surface area contributed by atoms with E-state index in [2.05, 4.69) is 30.3 Å². The summed E-state index contributed by atoms with van der Waals surface area (Å²) < 4.78 is 5.35. The number of carbonyl (C=O) groups is 1. The fourth-order valence-corrected chi connectivity index (χ4v) is 2.66. The van der Waals surface area contributed by atoms with Gasteiger partial charge in [-0.2, -0.15) is 0 Å². The van der Waals surface area contributed by atoms with E-state index < -0.39 is 0 Å². The summed E-state index contributed by atoms with van der Waals surface area (Å²) in [5, 5.41) is 0. The molecule has 2 nitrogen and oxygen atoms in total. The number of aryl methyl sites for hydroxylation is 1. The lowest BCUT2D eigenvalue weighted by molar-refractivity contribution is -0.148. The van der Waals surface area contributed by atoms with Crippen LogP contribution in [0.4, 0.5) is 0 Å². The number of esters is 1. The quantitative estimate of drug-likeness (QED) is 0.366. The predicted octanol–water partition coefficient (Wildman–Crippen LogP) is 5.69. The van der Waals surface area contributed by atoms with Crippen molar-refractivity contribution in [2.75, 3.05) is 0 Å². The highest BCUT2D eigenvalue weighted by molar-refractivity contribution is 5.69. The fourth-order valence-electron chi connectivity index (χ4n) is 2.66. The SMILES string of the molecule is CCCC(=O)OC(C)CCCCCCCCc1ccccc1. The number of benzene rings is 1. The summed E-state index contributed by atoms with van der Waals surface area (Å²) >= 11 is 0. The van der Waals surface area contributed by atoms with Crippen molar-refractivity contribution in [2.45, 2.75) is 84.2 Å². The summed E-state index contributed by atoms with van der Waals surface area (Å²) in [5.41, 5.74) is 1.45. The molecule has 0 bridgehead atoms. The van der Waals surface area contributed by atoms with Crippen molar-refractivity contribution in [2.24, 2.45) is 0 Å². The van der Waals surface area contributed by atoms with Gasteiger partial charge in [0.25, 0.3) is 0 Å². The van der Waals surface area contributed by atoms with Gasteiger partial charge < -0.3 is 4.74 Å². The Morgan fingerprint density at radius 2 is 1.64 bits per heavy atom. The minimum absolute atomic E-state index is 0.0455. The van der Waals surface area contributed by atoms with E-state index in [0.29, 0.717) is 6.42 Å². The summed E-state index contributed by atoms with van der Waals surface area (Å²) in [6.45, 7) is 4.01. The normalized spacial score (nSPS) is 12.1. The lowest BCUT2D eigenvalue weighted by Gasteiger charge is -2.12. The van der Waals surface area contributed by atoms with Crippen LogP contribution in [-0.4, -0.2) is 12.1 Å². The van der Waals surface area contributed by atoms with Gasteiger partial charge in [-0.05, 0) is 44.6 Å². The molecule has 1 rings (SSSR count). The van der Waals surface area contributed by atoms with Gasteiger partial charge in [0.15, 0.2) is 0 Å². The summed E-state index contributed by atoms with van der Waals surface area (Å²) in [5.74, 6) is -0.0455. The number of rotatable bonds is 12. The number of ether oxygens (including phenoxy) is 1. The molecule has 0 heterocycles. The zero-order valence-corrected chi connectivity index (χ0v) is 14.4. The Hall–Kier alpha value is -1.31. The van der Waals surface area contributed by atoms with E-state index in [4.69, 9.17) is 4.74 Å². The predicted molar refractivity (Wildman–Crippen MR) is 92.9 cm³/mol. The van der Waals surface area contributed by atoms with E-state index in [1.54, 1.807) is 0 Å². The summed E-state index contributed by atoms with van der Waals surface area (Å²) in [4.78, 5) is 11.4. The Balaban J connectivity index is 1.90. The van der Waals surface area contributed by atoms with Crippen LogP contribution in [-0.2, 0) is 16.0 Å². The Bertz CT molecular complexity index is 386. The summed E-state index contributed by atoms with van der Waals surface area (Å²) in [7, 11) is 0. The molecule has 0 aromatic heterocycles. The molecular formula is C20H32O2. The smallest absolute Gasteiger partial charge is 0.306 e. The van der Waals surface area contributed by atoms with Gasteiger partial charge in [0, 0.05) is 6.42 Å². The van der Waals surface area contributed by atoms with Gasteiger partial charge in [0.2, 0.25) is 0 Å². The molecule has 1 aromatic carbocycles. The molecule has 124 valence electrons. The van der Waals surface area contributed by atoms with Crippen LogP contribution in [0, 0.1) is 0 Å². The van der Waals surface area contributed by atoms with Gasteiger partial charge in [-0.1, -0.05) is 62.9 Å². The number of hydrogen-bond donors (Lipinski definition) is 0. The lowest BCUT2D eigenvalue weighted by Crippen LogP contribution is -2.14. The second-order valence-electron chi connectivity index (χ2n) is 6.20. The van der Waals surface area contributed by atoms with E-state index in [0.717, 1.165) is 12.8 Å². The van der Waals surface area contributed by atoms with Crippen molar-refractivity contribution >= 4 is 5.97 Å². The molecule has 0 aliphatic carbocycles. The van der Waals surface area contributed by atoms with Crippen LogP contribution >= 0.6 is 0 Å². The molecule has 0 N–H and O–H groups in total. The van der Waals surface area contributed by atoms with Crippen LogP contribution in [0.3, 0.4) is 0 Å². The molecule has 1 aromatic rings. The molecule has 0 saturated carbocycles. The van der Waals surface area contributed by atoms with Gasteiger partial charge in [0.05, 0.1) is 6.10 Å². The van der Waals surface area contributed by atoms with Gasteiger partial charge in [-0.25, -0.2) is 0 Å². The molecule has 0 aliphatic rings. The molecule has 0 fully saturated rings. The average Bonchev–Trinajstić information content (AvgIpc) is 2.51. The Kier molecular flexibility index (Phi) is 10.4. The first kappa shape index (κ1) is 18.7. The molecule has 1 unspecified atom stereocenters. The average molecular weight is 304 g/mol.